The van der Waals surface area contributed by atoms with Crippen LogP contribution in [0.15, 0.2) is 60.9 Å². The van der Waals surface area contributed by atoms with Crippen molar-refractivity contribution in [3.05, 3.63) is 78.0 Å². The van der Waals surface area contributed by atoms with E-state index >= 15 is 0 Å². The van der Waals surface area contributed by atoms with Gasteiger partial charge in [0.1, 0.15) is 17.9 Å². The van der Waals surface area contributed by atoms with Gasteiger partial charge in [-0.3, -0.25) is 4.79 Å². The quantitative estimate of drug-likeness (QED) is 0.737. The van der Waals surface area contributed by atoms with Gasteiger partial charge in [0.05, 0.1) is 24.5 Å². The lowest BCUT2D eigenvalue weighted by Gasteiger charge is -2.07. The Bertz CT molecular complexity index is 880. The van der Waals surface area contributed by atoms with E-state index < -0.39 is 0 Å². The smallest absolute Gasteiger partial charge is 0.251 e. The number of halogens is 1. The lowest BCUT2D eigenvalue weighted by molar-refractivity contribution is 0.0950. The second-order valence-corrected chi connectivity index (χ2v) is 5.54. The molecule has 2 aromatic carbocycles. The number of hydrogen-bond donors (Lipinski definition) is 1. The summed E-state index contributed by atoms with van der Waals surface area (Å²) in [6.45, 7) is 2.75. The maximum absolute atomic E-state index is 13.0. The van der Waals surface area contributed by atoms with Gasteiger partial charge >= 0.3 is 0 Å². The van der Waals surface area contributed by atoms with Crippen LogP contribution in [-0.4, -0.2) is 22.5 Å². The van der Waals surface area contributed by atoms with Crippen LogP contribution in [0, 0.1) is 5.82 Å². The lowest BCUT2D eigenvalue weighted by atomic mass is 10.1. The van der Waals surface area contributed by atoms with Crippen molar-refractivity contribution in [3.63, 3.8) is 0 Å². The van der Waals surface area contributed by atoms with Gasteiger partial charge in [0.15, 0.2) is 0 Å². The van der Waals surface area contributed by atoms with E-state index in [4.69, 9.17) is 4.74 Å². The summed E-state index contributed by atoms with van der Waals surface area (Å²) in [7, 11) is 0. The highest BCUT2D eigenvalue weighted by Gasteiger charge is 2.07. The van der Waals surface area contributed by atoms with Gasteiger partial charge in [0.25, 0.3) is 5.91 Å². The van der Waals surface area contributed by atoms with Gasteiger partial charge in [0.2, 0.25) is 0 Å². The normalized spacial score (nSPS) is 10.4. The highest BCUT2D eigenvalue weighted by Crippen LogP contribution is 2.17. The minimum absolute atomic E-state index is 0.199. The fourth-order valence-electron chi connectivity index (χ4n) is 2.41. The van der Waals surface area contributed by atoms with Crippen molar-refractivity contribution >= 4 is 5.91 Å². The molecule has 0 atom stereocenters. The van der Waals surface area contributed by atoms with Gasteiger partial charge in [-0.25, -0.2) is 14.4 Å². The monoisotopic (exact) mass is 351 g/mol. The number of aromatic nitrogens is 2. The first-order valence-corrected chi connectivity index (χ1v) is 8.23. The van der Waals surface area contributed by atoms with Crippen molar-refractivity contribution in [2.24, 2.45) is 0 Å². The Labute approximate surface area is 150 Å². The van der Waals surface area contributed by atoms with Crippen LogP contribution in [0.2, 0.25) is 0 Å². The van der Waals surface area contributed by atoms with Crippen LogP contribution in [-0.2, 0) is 6.54 Å². The molecule has 5 nitrogen and oxygen atoms in total. The van der Waals surface area contributed by atoms with Gasteiger partial charge in [-0.15, -0.1) is 0 Å². The lowest BCUT2D eigenvalue weighted by Crippen LogP contribution is -2.23. The van der Waals surface area contributed by atoms with E-state index in [1.54, 1.807) is 42.5 Å². The van der Waals surface area contributed by atoms with Crippen LogP contribution >= 0.6 is 0 Å². The fourth-order valence-corrected chi connectivity index (χ4v) is 2.41. The van der Waals surface area contributed by atoms with Crippen LogP contribution in [0.4, 0.5) is 4.39 Å². The summed E-state index contributed by atoms with van der Waals surface area (Å²) in [5.74, 6) is 0.226. The third-order valence-electron chi connectivity index (χ3n) is 3.72. The topological polar surface area (TPSA) is 64.1 Å². The van der Waals surface area contributed by atoms with E-state index in [-0.39, 0.29) is 18.3 Å². The minimum Gasteiger partial charge on any atom is -0.494 e. The van der Waals surface area contributed by atoms with Crippen molar-refractivity contribution in [1.82, 2.24) is 15.3 Å². The number of benzene rings is 2. The number of amides is 1. The van der Waals surface area contributed by atoms with Crippen LogP contribution < -0.4 is 10.1 Å². The maximum Gasteiger partial charge on any atom is 0.251 e. The molecule has 0 saturated carbocycles. The number of carbonyl (C=O) groups excluding carboxylic acids is 1. The molecule has 1 amide bonds. The number of ether oxygens (including phenoxy) is 1. The zero-order valence-corrected chi connectivity index (χ0v) is 14.3. The molecule has 0 saturated heterocycles. The summed E-state index contributed by atoms with van der Waals surface area (Å²) in [6, 6.07) is 14.8. The summed E-state index contributed by atoms with van der Waals surface area (Å²) >= 11 is 0. The molecular weight excluding hydrogens is 333 g/mol. The molecule has 1 heterocycles. The predicted molar refractivity (Wildman–Crippen MR) is 96.2 cm³/mol. The number of carbonyl (C=O) groups is 1. The molecule has 0 radical (unpaired) electrons. The van der Waals surface area contributed by atoms with E-state index in [2.05, 4.69) is 15.3 Å². The summed E-state index contributed by atoms with van der Waals surface area (Å²) in [5, 5.41) is 2.82. The van der Waals surface area contributed by atoms with Gasteiger partial charge in [-0.2, -0.15) is 0 Å². The standard InChI is InChI=1S/C20H18FN3O2/c1-2-26-18-9-5-15(6-10-18)20(25)22-12-17-11-19(24-13-23-17)14-3-7-16(21)8-4-14/h3-11,13H,2,12H2,1H3,(H,22,25). The third-order valence-corrected chi connectivity index (χ3v) is 3.72. The summed E-state index contributed by atoms with van der Waals surface area (Å²) in [5.41, 5.74) is 2.66. The molecule has 3 aromatic rings. The zero-order valence-electron chi connectivity index (χ0n) is 14.3. The molecular formula is C20H18FN3O2. The number of rotatable bonds is 6. The van der Waals surface area contributed by atoms with Crippen molar-refractivity contribution < 1.29 is 13.9 Å². The Morgan fingerprint density at radius 1 is 1.08 bits per heavy atom. The SMILES string of the molecule is CCOc1ccc(C(=O)NCc2cc(-c3ccc(F)cc3)ncn2)cc1. The van der Waals surface area contributed by atoms with Crippen LogP contribution in [0.25, 0.3) is 11.3 Å². The van der Waals surface area contributed by atoms with Gasteiger partial charge < -0.3 is 10.1 Å². The van der Waals surface area contributed by atoms with Crippen molar-refractivity contribution in [3.8, 4) is 17.0 Å². The van der Waals surface area contributed by atoms with Gasteiger partial charge in [-0.05, 0) is 61.5 Å². The van der Waals surface area contributed by atoms with Crippen molar-refractivity contribution in [1.29, 1.82) is 0 Å². The van der Waals surface area contributed by atoms with E-state index in [0.29, 0.717) is 23.6 Å². The predicted octanol–water partition coefficient (Wildman–Crippen LogP) is 3.61. The molecule has 0 fully saturated rings. The van der Waals surface area contributed by atoms with Gasteiger partial charge in [-0.1, -0.05) is 0 Å². The average Bonchev–Trinajstić information content (AvgIpc) is 2.68. The molecule has 0 spiro atoms. The van der Waals surface area contributed by atoms with Gasteiger partial charge in [0, 0.05) is 11.1 Å². The highest BCUT2D eigenvalue weighted by atomic mass is 19.1. The number of nitrogens with zero attached hydrogens (tertiary/aromatic N) is 2. The van der Waals surface area contributed by atoms with E-state index in [0.717, 1.165) is 11.3 Å². The number of hydrogen-bond acceptors (Lipinski definition) is 4. The molecule has 1 N–H and O–H groups in total. The number of nitrogens with one attached hydrogen (secondary N) is 1. The van der Waals surface area contributed by atoms with Crippen LogP contribution in [0.3, 0.4) is 0 Å². The Balaban J connectivity index is 1.65. The molecule has 0 aliphatic carbocycles. The first-order valence-electron chi connectivity index (χ1n) is 8.23. The largest absolute Gasteiger partial charge is 0.494 e. The molecule has 6 heteroatoms. The molecule has 26 heavy (non-hydrogen) atoms. The Kier molecular flexibility index (Phi) is 5.53. The highest BCUT2D eigenvalue weighted by molar-refractivity contribution is 5.94. The summed E-state index contributed by atoms with van der Waals surface area (Å²) < 4.78 is 18.4. The first-order chi connectivity index (χ1) is 12.7. The van der Waals surface area contributed by atoms with E-state index in [1.165, 1.54) is 18.5 Å². The second kappa shape index (κ2) is 8.20. The Hall–Kier alpha value is -3.28. The van der Waals surface area contributed by atoms with Crippen molar-refractivity contribution in [2.75, 3.05) is 6.61 Å². The van der Waals surface area contributed by atoms with Crippen molar-refractivity contribution in [2.45, 2.75) is 13.5 Å². The minimum atomic E-state index is -0.300. The third kappa shape index (κ3) is 4.42. The molecule has 0 aliphatic rings. The summed E-state index contributed by atoms with van der Waals surface area (Å²) in [6.07, 6.45) is 1.43. The fraction of sp³-hybridized carbons (Fsp3) is 0.150. The molecule has 1 aromatic heterocycles. The Morgan fingerprint density at radius 3 is 2.50 bits per heavy atom. The van der Waals surface area contributed by atoms with Crippen LogP contribution in [0.1, 0.15) is 23.0 Å². The van der Waals surface area contributed by atoms with E-state index in [9.17, 15) is 9.18 Å². The second-order valence-electron chi connectivity index (χ2n) is 5.54. The first kappa shape index (κ1) is 17.5. The molecule has 3 rings (SSSR count). The molecule has 0 aliphatic heterocycles. The molecule has 132 valence electrons. The van der Waals surface area contributed by atoms with Crippen LogP contribution in [0.5, 0.6) is 5.75 Å². The molecule has 0 bridgehead atoms. The maximum atomic E-state index is 13.0. The zero-order chi connectivity index (χ0) is 18.4. The van der Waals surface area contributed by atoms with E-state index in [1.807, 2.05) is 6.92 Å². The summed E-state index contributed by atoms with van der Waals surface area (Å²) in [4.78, 5) is 20.6. The average molecular weight is 351 g/mol. The molecule has 0 unspecified atom stereocenters. The Morgan fingerprint density at radius 2 is 1.81 bits per heavy atom.